The third-order valence-corrected chi connectivity index (χ3v) is 6.83. The summed E-state index contributed by atoms with van der Waals surface area (Å²) >= 11 is 3.52. The van der Waals surface area contributed by atoms with Crippen LogP contribution in [0.3, 0.4) is 0 Å². The quantitative estimate of drug-likeness (QED) is 0.287. The number of thiol groups is 1. The third kappa shape index (κ3) is 11.8. The zero-order chi connectivity index (χ0) is 22.2. The van der Waals surface area contributed by atoms with Gasteiger partial charge >= 0.3 is 0 Å². The lowest BCUT2D eigenvalue weighted by Gasteiger charge is -2.12. The van der Waals surface area contributed by atoms with Crippen molar-refractivity contribution in [3.8, 4) is 11.5 Å². The lowest BCUT2D eigenvalue weighted by atomic mass is 10.1. The van der Waals surface area contributed by atoms with Crippen LogP contribution >= 0.6 is 12.6 Å². The van der Waals surface area contributed by atoms with Crippen molar-refractivity contribution in [1.82, 2.24) is 5.32 Å². The zero-order valence-electron chi connectivity index (χ0n) is 18.8. The van der Waals surface area contributed by atoms with Crippen molar-refractivity contribution in [2.45, 2.75) is 83.8 Å². The van der Waals surface area contributed by atoms with Crippen LogP contribution in [0.25, 0.3) is 0 Å². The summed E-state index contributed by atoms with van der Waals surface area (Å²) < 4.78 is 23.0. The molecule has 0 radical (unpaired) electrons. The van der Waals surface area contributed by atoms with E-state index < -0.39 is 10.8 Å². The van der Waals surface area contributed by atoms with Crippen molar-refractivity contribution in [3.05, 3.63) is 23.8 Å². The van der Waals surface area contributed by atoms with Crippen LogP contribution in [-0.2, 0) is 17.2 Å². The van der Waals surface area contributed by atoms with E-state index in [9.17, 15) is 9.00 Å². The van der Waals surface area contributed by atoms with E-state index in [1.165, 1.54) is 37.7 Å². The van der Waals surface area contributed by atoms with Gasteiger partial charge in [-0.05, 0) is 37.0 Å². The molecule has 0 aliphatic carbocycles. The molecule has 172 valence electrons. The standard InChI is InChI=1S/C18H28O3S.C5H11NOS/c1-3-4-5-6-7-8-11-22(19)15(2)12-16-9-10-17-18(13-16)21-14-20-17;1-2-3-4-6-5(7)8/h9-10,13,15H,3-8,11-12,14H2,1-2H3;2-4H2,1H3,(H2,6,7,8). The van der Waals surface area contributed by atoms with Crippen LogP contribution in [0.15, 0.2) is 18.2 Å². The van der Waals surface area contributed by atoms with Gasteiger partial charge in [-0.25, -0.2) is 0 Å². The number of ether oxygens (including phenoxy) is 2. The Hall–Kier alpha value is -1.21. The fraction of sp³-hybridized carbons (Fsp3) is 0.696. The number of carbonyl (C=O) groups excluding carboxylic acids is 1. The number of amides is 1. The van der Waals surface area contributed by atoms with Crippen molar-refractivity contribution < 1.29 is 18.5 Å². The molecule has 2 atom stereocenters. The Morgan fingerprint density at radius 2 is 1.73 bits per heavy atom. The highest BCUT2D eigenvalue weighted by atomic mass is 32.2. The van der Waals surface area contributed by atoms with Crippen molar-refractivity contribution in [2.75, 3.05) is 19.1 Å². The summed E-state index contributed by atoms with van der Waals surface area (Å²) in [4.78, 5) is 10.1. The first-order valence-electron chi connectivity index (χ1n) is 11.2. The summed E-state index contributed by atoms with van der Waals surface area (Å²) in [6, 6.07) is 6.01. The number of unbranched alkanes of at least 4 members (excludes halogenated alkanes) is 6. The monoisotopic (exact) mass is 457 g/mol. The van der Waals surface area contributed by atoms with Crippen molar-refractivity contribution in [2.24, 2.45) is 0 Å². The molecule has 0 saturated heterocycles. The molecule has 1 amide bonds. The molecule has 1 N–H and O–H groups in total. The van der Waals surface area contributed by atoms with E-state index in [0.29, 0.717) is 6.79 Å². The number of nitrogens with one attached hydrogen (secondary N) is 1. The summed E-state index contributed by atoms with van der Waals surface area (Å²) in [5, 5.41) is 2.52. The molecule has 0 saturated carbocycles. The molecule has 2 rings (SSSR count). The average Bonchev–Trinajstić information content (AvgIpc) is 3.18. The Kier molecular flexibility index (Phi) is 14.7. The summed E-state index contributed by atoms with van der Waals surface area (Å²) in [5.41, 5.74) is 1.17. The number of fused-ring (bicyclic) bond motifs is 1. The van der Waals surface area contributed by atoms with Gasteiger partial charge in [0.05, 0.1) is 0 Å². The first-order valence-corrected chi connectivity index (χ1v) is 13.0. The first-order chi connectivity index (χ1) is 14.5. The Balaban J connectivity index is 0.000000479. The Morgan fingerprint density at radius 1 is 1.07 bits per heavy atom. The van der Waals surface area contributed by atoms with Gasteiger partial charge in [0.1, 0.15) is 0 Å². The molecule has 1 aromatic rings. The lowest BCUT2D eigenvalue weighted by Crippen LogP contribution is -2.17. The molecule has 7 heteroatoms. The van der Waals surface area contributed by atoms with E-state index in [2.05, 4.69) is 38.7 Å². The second kappa shape index (κ2) is 16.5. The van der Waals surface area contributed by atoms with Crippen LogP contribution < -0.4 is 14.8 Å². The summed E-state index contributed by atoms with van der Waals surface area (Å²) in [7, 11) is -0.743. The van der Waals surface area contributed by atoms with Gasteiger partial charge in [0.15, 0.2) is 11.5 Å². The molecule has 1 aliphatic rings. The number of benzene rings is 1. The van der Waals surface area contributed by atoms with Crippen molar-refractivity contribution in [1.29, 1.82) is 0 Å². The predicted molar refractivity (Wildman–Crippen MR) is 129 cm³/mol. The minimum Gasteiger partial charge on any atom is -0.454 e. The Labute approximate surface area is 190 Å². The predicted octanol–water partition coefficient (Wildman–Crippen LogP) is 5.88. The van der Waals surface area contributed by atoms with E-state index in [-0.39, 0.29) is 10.5 Å². The fourth-order valence-electron chi connectivity index (χ4n) is 3.09. The minimum absolute atomic E-state index is 0.191. The van der Waals surface area contributed by atoms with Gasteiger partial charge in [-0.3, -0.25) is 9.00 Å². The van der Waals surface area contributed by atoms with Crippen molar-refractivity contribution in [3.63, 3.8) is 0 Å². The second-order valence-electron chi connectivity index (χ2n) is 7.64. The van der Waals surface area contributed by atoms with Gasteiger partial charge in [0.2, 0.25) is 6.79 Å². The van der Waals surface area contributed by atoms with Crippen LogP contribution in [0.2, 0.25) is 0 Å². The van der Waals surface area contributed by atoms with Crippen LogP contribution in [0, 0.1) is 0 Å². The summed E-state index contributed by atoms with van der Waals surface area (Å²) in [5.74, 6) is 2.45. The molecule has 1 aliphatic heterocycles. The van der Waals surface area contributed by atoms with E-state index in [1.54, 1.807) is 0 Å². The maximum atomic E-state index is 12.3. The summed E-state index contributed by atoms with van der Waals surface area (Å²) in [6.45, 7) is 7.44. The van der Waals surface area contributed by atoms with Gasteiger partial charge in [0.25, 0.3) is 5.24 Å². The molecular formula is C23H39NO4S2. The van der Waals surface area contributed by atoms with Crippen molar-refractivity contribution >= 4 is 28.7 Å². The topological polar surface area (TPSA) is 64.6 Å². The molecule has 2 unspecified atom stereocenters. The molecule has 1 heterocycles. The highest BCUT2D eigenvalue weighted by molar-refractivity contribution is 7.96. The number of rotatable bonds is 13. The average molecular weight is 458 g/mol. The highest BCUT2D eigenvalue weighted by Gasteiger charge is 2.16. The molecule has 0 aromatic heterocycles. The molecule has 1 aromatic carbocycles. The summed E-state index contributed by atoms with van der Waals surface area (Å²) in [6.07, 6.45) is 10.5. The van der Waals surface area contributed by atoms with Gasteiger partial charge in [-0.2, -0.15) is 0 Å². The SMILES string of the molecule is CCCCCCCCS(=O)C(C)Cc1ccc2c(c1)OCO2.CCCCNC(=O)S. The first kappa shape index (κ1) is 26.8. The zero-order valence-corrected chi connectivity index (χ0v) is 20.5. The van der Waals surface area contributed by atoms with Crippen LogP contribution in [0.4, 0.5) is 4.79 Å². The van der Waals surface area contributed by atoms with Gasteiger partial charge < -0.3 is 14.8 Å². The van der Waals surface area contributed by atoms with E-state index >= 15 is 0 Å². The second-order valence-corrected chi connectivity index (χ2v) is 10.0. The molecule has 0 spiro atoms. The van der Waals surface area contributed by atoms with Crippen LogP contribution in [-0.4, -0.2) is 33.8 Å². The molecule has 0 fully saturated rings. The van der Waals surface area contributed by atoms with E-state index in [4.69, 9.17) is 9.47 Å². The maximum Gasteiger partial charge on any atom is 0.275 e. The largest absolute Gasteiger partial charge is 0.454 e. The Morgan fingerprint density at radius 3 is 2.43 bits per heavy atom. The minimum atomic E-state index is -0.743. The van der Waals surface area contributed by atoms with Gasteiger partial charge in [0, 0.05) is 28.3 Å². The smallest absolute Gasteiger partial charge is 0.275 e. The van der Waals surface area contributed by atoms with Crippen LogP contribution in [0.5, 0.6) is 11.5 Å². The Bertz CT molecular complexity index is 640. The van der Waals surface area contributed by atoms with E-state index in [0.717, 1.165) is 49.5 Å². The van der Waals surface area contributed by atoms with Gasteiger partial charge in [-0.15, -0.1) is 0 Å². The molecular weight excluding hydrogens is 418 g/mol. The van der Waals surface area contributed by atoms with Crippen LogP contribution in [0.1, 0.15) is 77.7 Å². The van der Waals surface area contributed by atoms with Gasteiger partial charge in [-0.1, -0.05) is 78.0 Å². The lowest BCUT2D eigenvalue weighted by molar-refractivity contribution is 0.174. The number of hydrogen-bond donors (Lipinski definition) is 2. The third-order valence-electron chi connectivity index (χ3n) is 4.91. The van der Waals surface area contributed by atoms with E-state index in [1.807, 2.05) is 18.2 Å². The number of carbonyl (C=O) groups is 1. The maximum absolute atomic E-state index is 12.3. The highest BCUT2D eigenvalue weighted by Crippen LogP contribution is 2.33. The normalized spacial score (nSPS) is 13.9. The molecule has 30 heavy (non-hydrogen) atoms. The fourth-order valence-corrected chi connectivity index (χ4v) is 4.47. The molecule has 0 bridgehead atoms. The molecule has 5 nitrogen and oxygen atoms in total. The number of hydrogen-bond acceptors (Lipinski definition) is 4.